The van der Waals surface area contributed by atoms with Crippen LogP contribution >= 0.6 is 0 Å². The molecule has 2 N–H and O–H groups in total. The minimum Gasteiger partial charge on any atom is -0.340 e. The maximum atomic E-state index is 4.47. The van der Waals surface area contributed by atoms with E-state index >= 15 is 0 Å². The molecule has 2 fully saturated rings. The van der Waals surface area contributed by atoms with Crippen molar-refractivity contribution in [1.82, 2.24) is 20.7 Å². The molecule has 25 heavy (non-hydrogen) atoms. The van der Waals surface area contributed by atoms with Gasteiger partial charge in [-0.1, -0.05) is 30.7 Å². The first-order chi connectivity index (χ1) is 12.4. The average molecular weight is 340 g/mol. The van der Waals surface area contributed by atoms with E-state index in [0.717, 1.165) is 37.0 Å². The van der Waals surface area contributed by atoms with Crippen molar-refractivity contribution in [3.05, 3.63) is 35.4 Å². The zero-order valence-corrected chi connectivity index (χ0v) is 14.9. The van der Waals surface area contributed by atoms with Gasteiger partial charge >= 0.3 is 0 Å². The van der Waals surface area contributed by atoms with Crippen molar-refractivity contribution in [1.29, 1.82) is 0 Å². The van der Waals surface area contributed by atoms with Crippen LogP contribution in [0.1, 0.15) is 49.7 Å². The molecule has 2 saturated heterocycles. The van der Waals surface area contributed by atoms with E-state index in [9.17, 15) is 0 Å². The number of rotatable bonds is 3. The summed E-state index contributed by atoms with van der Waals surface area (Å²) in [5, 5.41) is 8.94. The number of amidine groups is 1. The highest BCUT2D eigenvalue weighted by Crippen LogP contribution is 2.14. The molecule has 6 heteroatoms. The summed E-state index contributed by atoms with van der Waals surface area (Å²) >= 11 is 0. The van der Waals surface area contributed by atoms with Crippen molar-refractivity contribution in [2.75, 3.05) is 26.2 Å². The van der Waals surface area contributed by atoms with Gasteiger partial charge in [0.25, 0.3) is 0 Å². The van der Waals surface area contributed by atoms with Crippen LogP contribution in [0.15, 0.2) is 34.5 Å². The number of benzene rings is 1. The highest BCUT2D eigenvalue weighted by Gasteiger charge is 2.18. The zero-order valence-electron chi connectivity index (χ0n) is 14.9. The van der Waals surface area contributed by atoms with Gasteiger partial charge in [-0.3, -0.25) is 10.3 Å². The lowest BCUT2D eigenvalue weighted by atomic mass is 10.1. The summed E-state index contributed by atoms with van der Waals surface area (Å²) in [6, 6.07) is 8.68. The maximum Gasteiger partial charge on any atom is 0.237 e. The summed E-state index contributed by atoms with van der Waals surface area (Å²) in [5.74, 6) is 1.62. The van der Waals surface area contributed by atoms with E-state index in [0.29, 0.717) is 0 Å². The minimum atomic E-state index is 0.783. The summed E-state index contributed by atoms with van der Waals surface area (Å²) in [5.41, 5.74) is 8.65. The lowest BCUT2D eigenvalue weighted by molar-refractivity contribution is 0.221. The van der Waals surface area contributed by atoms with Crippen LogP contribution < -0.4 is 10.9 Å². The summed E-state index contributed by atoms with van der Waals surface area (Å²) in [7, 11) is 0. The largest absolute Gasteiger partial charge is 0.340 e. The second-order valence-electron chi connectivity index (χ2n) is 7.20. The van der Waals surface area contributed by atoms with Crippen LogP contribution in [0.5, 0.6) is 0 Å². The first-order valence-corrected chi connectivity index (χ1v) is 9.62. The second-order valence-corrected chi connectivity index (χ2v) is 7.20. The van der Waals surface area contributed by atoms with E-state index in [1.54, 1.807) is 0 Å². The number of nitrogens with one attached hydrogen (secondary N) is 2. The van der Waals surface area contributed by atoms with Gasteiger partial charge in [0.2, 0.25) is 5.96 Å². The highest BCUT2D eigenvalue weighted by molar-refractivity contribution is 6.01. The predicted octanol–water partition coefficient (Wildman–Crippen LogP) is 2.28. The van der Waals surface area contributed by atoms with Crippen LogP contribution in [0.25, 0.3) is 0 Å². The van der Waals surface area contributed by atoms with E-state index in [4.69, 9.17) is 0 Å². The highest BCUT2D eigenvalue weighted by atomic mass is 15.5. The normalized spacial score (nSPS) is 21.8. The number of hydrogen-bond acceptors (Lipinski definition) is 6. The molecule has 134 valence electrons. The van der Waals surface area contributed by atoms with Crippen LogP contribution in [-0.2, 0) is 6.54 Å². The van der Waals surface area contributed by atoms with Gasteiger partial charge in [-0.25, -0.2) is 5.43 Å². The fourth-order valence-corrected chi connectivity index (χ4v) is 3.78. The summed E-state index contributed by atoms with van der Waals surface area (Å²) < 4.78 is 0. The van der Waals surface area contributed by atoms with Crippen molar-refractivity contribution in [2.24, 2.45) is 10.2 Å². The molecule has 3 aliphatic heterocycles. The molecule has 1 aromatic carbocycles. The predicted molar refractivity (Wildman–Crippen MR) is 101 cm³/mol. The smallest absolute Gasteiger partial charge is 0.237 e. The Morgan fingerprint density at radius 3 is 2.08 bits per heavy atom. The van der Waals surface area contributed by atoms with E-state index in [-0.39, 0.29) is 0 Å². The lowest BCUT2D eigenvalue weighted by Gasteiger charge is -2.30. The summed E-state index contributed by atoms with van der Waals surface area (Å²) in [6.07, 6.45) is 7.83. The van der Waals surface area contributed by atoms with E-state index < -0.39 is 0 Å². The van der Waals surface area contributed by atoms with Crippen molar-refractivity contribution >= 4 is 11.8 Å². The number of guanidine groups is 1. The van der Waals surface area contributed by atoms with Crippen LogP contribution in [0.4, 0.5) is 0 Å². The van der Waals surface area contributed by atoms with Gasteiger partial charge in [0.15, 0.2) is 5.84 Å². The molecule has 0 unspecified atom stereocenters. The third-order valence-corrected chi connectivity index (χ3v) is 5.27. The molecule has 1 aromatic rings. The van der Waals surface area contributed by atoms with Crippen molar-refractivity contribution in [3.8, 4) is 0 Å². The van der Waals surface area contributed by atoms with Crippen molar-refractivity contribution in [2.45, 2.75) is 45.1 Å². The first kappa shape index (κ1) is 16.4. The first-order valence-electron chi connectivity index (χ1n) is 9.62. The Morgan fingerprint density at radius 1 is 0.760 bits per heavy atom. The number of nitrogens with zero attached hydrogens (tertiary/aromatic N) is 4. The number of piperidine rings is 2. The molecule has 0 saturated carbocycles. The third-order valence-electron chi connectivity index (χ3n) is 5.27. The standard InChI is InChI=1S/C19H28N6/c1-3-11-24(12-4-1)15-16-7-9-17(10-8-16)18-20-22-19(23-21-18)25-13-5-2-6-14-25/h7-10H,1-6,11-15H2,(H,20,21)(H,22,23). The Bertz CT molecular complexity index is 624. The van der Waals surface area contributed by atoms with Gasteiger partial charge in [-0.05, 0) is 50.8 Å². The van der Waals surface area contributed by atoms with E-state index in [2.05, 4.69) is 55.1 Å². The van der Waals surface area contributed by atoms with Gasteiger partial charge in [0.05, 0.1) is 0 Å². The molecule has 0 spiro atoms. The fraction of sp³-hybridized carbons (Fsp3) is 0.579. The zero-order chi connectivity index (χ0) is 16.9. The molecule has 3 aliphatic rings. The topological polar surface area (TPSA) is 55.3 Å². The molecule has 0 bridgehead atoms. The Labute approximate surface area is 150 Å². The molecular weight excluding hydrogens is 312 g/mol. The van der Waals surface area contributed by atoms with Gasteiger partial charge in [-0.2, -0.15) is 5.10 Å². The number of hydrazone groups is 2. The third kappa shape index (κ3) is 4.12. The molecule has 0 aromatic heterocycles. The average Bonchev–Trinajstić information content (AvgIpc) is 2.70. The van der Waals surface area contributed by atoms with Gasteiger partial charge in [0.1, 0.15) is 0 Å². The molecule has 0 atom stereocenters. The number of likely N-dealkylation sites (tertiary alicyclic amines) is 2. The molecule has 0 aliphatic carbocycles. The Hall–Kier alpha value is -2.08. The Morgan fingerprint density at radius 2 is 1.44 bits per heavy atom. The maximum absolute atomic E-state index is 4.47. The number of hydrogen-bond donors (Lipinski definition) is 2. The summed E-state index contributed by atoms with van der Waals surface area (Å²) in [4.78, 5) is 4.81. The fourth-order valence-electron chi connectivity index (χ4n) is 3.78. The Balaban J connectivity index is 1.34. The van der Waals surface area contributed by atoms with Crippen LogP contribution in [0, 0.1) is 0 Å². The van der Waals surface area contributed by atoms with Gasteiger partial charge in [-0.15, -0.1) is 5.10 Å². The molecular formula is C19H28N6. The monoisotopic (exact) mass is 340 g/mol. The molecule has 0 radical (unpaired) electrons. The van der Waals surface area contributed by atoms with Crippen LogP contribution in [0.2, 0.25) is 0 Å². The van der Waals surface area contributed by atoms with Gasteiger partial charge < -0.3 is 4.90 Å². The van der Waals surface area contributed by atoms with Crippen molar-refractivity contribution in [3.63, 3.8) is 0 Å². The van der Waals surface area contributed by atoms with Crippen LogP contribution in [0.3, 0.4) is 0 Å². The van der Waals surface area contributed by atoms with Gasteiger partial charge in [0, 0.05) is 25.2 Å². The second kappa shape index (κ2) is 7.87. The van der Waals surface area contributed by atoms with E-state index in [1.807, 2.05) is 0 Å². The van der Waals surface area contributed by atoms with Crippen LogP contribution in [-0.4, -0.2) is 47.8 Å². The lowest BCUT2D eigenvalue weighted by Crippen LogP contribution is -2.46. The quantitative estimate of drug-likeness (QED) is 0.886. The molecule has 3 heterocycles. The Kier molecular flexibility index (Phi) is 5.16. The molecule has 6 nitrogen and oxygen atoms in total. The van der Waals surface area contributed by atoms with E-state index in [1.165, 1.54) is 57.2 Å². The summed E-state index contributed by atoms with van der Waals surface area (Å²) in [6.45, 7) is 5.63. The minimum absolute atomic E-state index is 0.783. The molecule has 4 rings (SSSR count). The van der Waals surface area contributed by atoms with Crippen molar-refractivity contribution < 1.29 is 0 Å². The SMILES string of the molecule is c1cc(C2=NNC(N3CCCCC3)=NN2)ccc1CN1CCCCC1. The molecule has 0 amide bonds.